The molecule has 1 atom stereocenters. The van der Waals surface area contributed by atoms with E-state index in [1.165, 1.54) is 0 Å². The normalized spacial score (nSPS) is 16.2. The number of esters is 3. The summed E-state index contributed by atoms with van der Waals surface area (Å²) < 4.78 is 21.4. The molecule has 0 spiro atoms. The first-order chi connectivity index (χ1) is 14.1. The van der Waals surface area contributed by atoms with Crippen LogP contribution >= 0.6 is 0 Å². The van der Waals surface area contributed by atoms with Gasteiger partial charge < -0.3 is 29.6 Å². The van der Waals surface area contributed by atoms with Gasteiger partial charge in [-0.05, 0) is 67.0 Å². The van der Waals surface area contributed by atoms with Crippen LogP contribution in [0.5, 0.6) is 0 Å². The fraction of sp³-hybridized carbons (Fsp3) is 0.857. The van der Waals surface area contributed by atoms with Crippen molar-refractivity contribution in [3.8, 4) is 0 Å². The Bertz CT molecular complexity index is 550. The summed E-state index contributed by atoms with van der Waals surface area (Å²) in [7, 11) is 0. The summed E-state index contributed by atoms with van der Waals surface area (Å²) in [6.07, 6.45) is 2.08. The molecule has 0 aromatic heterocycles. The number of hydrogen-bond donors (Lipinski definition) is 1. The molecular formula is C21H38N2O7. The van der Waals surface area contributed by atoms with E-state index in [2.05, 4.69) is 4.90 Å². The van der Waals surface area contributed by atoms with E-state index < -0.39 is 35.2 Å². The van der Waals surface area contributed by atoms with Gasteiger partial charge >= 0.3 is 17.9 Å². The molecule has 30 heavy (non-hydrogen) atoms. The molecule has 1 fully saturated rings. The maximum atomic E-state index is 12.8. The Kier molecular flexibility index (Phi) is 10.7. The third-order valence-corrected chi connectivity index (χ3v) is 4.68. The molecule has 9 nitrogen and oxygen atoms in total. The zero-order valence-corrected chi connectivity index (χ0v) is 19.0. The standard InChI is InChI=1S/C21H38N2O7/c1-6-27-18(25)21(19(26)28-7-2,29-15-14-23-12-8-9-13-23)11-10-16(22)17(24)30-20(3,4)5/h16H,6-15,22H2,1-5H3. The van der Waals surface area contributed by atoms with Crippen molar-refractivity contribution in [2.75, 3.05) is 39.5 Å². The lowest BCUT2D eigenvalue weighted by Crippen LogP contribution is -2.53. The number of rotatable bonds is 12. The predicted octanol–water partition coefficient (Wildman–Crippen LogP) is 1.41. The van der Waals surface area contributed by atoms with Crippen LogP contribution in [0.15, 0.2) is 0 Å². The van der Waals surface area contributed by atoms with E-state index in [0.29, 0.717) is 6.54 Å². The first-order valence-corrected chi connectivity index (χ1v) is 10.7. The van der Waals surface area contributed by atoms with Crippen molar-refractivity contribution in [1.82, 2.24) is 4.90 Å². The van der Waals surface area contributed by atoms with E-state index in [-0.39, 0.29) is 32.7 Å². The zero-order chi connectivity index (χ0) is 22.8. The molecule has 2 N–H and O–H groups in total. The van der Waals surface area contributed by atoms with Crippen molar-refractivity contribution in [3.05, 3.63) is 0 Å². The Morgan fingerprint density at radius 3 is 2.00 bits per heavy atom. The van der Waals surface area contributed by atoms with Crippen LogP contribution in [0.2, 0.25) is 0 Å². The number of carbonyl (C=O) groups is 3. The van der Waals surface area contributed by atoms with Crippen LogP contribution in [-0.4, -0.2) is 79.5 Å². The Balaban J connectivity index is 2.94. The van der Waals surface area contributed by atoms with Gasteiger partial charge in [0.25, 0.3) is 5.60 Å². The maximum Gasteiger partial charge on any atom is 0.350 e. The van der Waals surface area contributed by atoms with Gasteiger partial charge in [0.1, 0.15) is 11.6 Å². The molecule has 1 rings (SSSR count). The minimum Gasteiger partial charge on any atom is -0.463 e. The van der Waals surface area contributed by atoms with Gasteiger partial charge in [-0.15, -0.1) is 0 Å². The van der Waals surface area contributed by atoms with Crippen molar-refractivity contribution < 1.29 is 33.3 Å². The van der Waals surface area contributed by atoms with Gasteiger partial charge in [0, 0.05) is 13.0 Å². The van der Waals surface area contributed by atoms with Crippen molar-refractivity contribution in [2.45, 2.75) is 77.5 Å². The van der Waals surface area contributed by atoms with E-state index in [1.54, 1.807) is 34.6 Å². The molecule has 0 saturated carbocycles. The minimum absolute atomic E-state index is 0.00371. The molecule has 0 aromatic rings. The maximum absolute atomic E-state index is 12.8. The average molecular weight is 431 g/mol. The van der Waals surface area contributed by atoms with Gasteiger partial charge in [-0.1, -0.05) is 0 Å². The number of ether oxygens (including phenoxy) is 4. The lowest BCUT2D eigenvalue weighted by atomic mass is 9.94. The van der Waals surface area contributed by atoms with Gasteiger partial charge in [0.05, 0.1) is 19.8 Å². The summed E-state index contributed by atoms with van der Waals surface area (Å²) in [5, 5.41) is 0. The first-order valence-electron chi connectivity index (χ1n) is 10.7. The van der Waals surface area contributed by atoms with Gasteiger partial charge in [-0.3, -0.25) is 4.79 Å². The van der Waals surface area contributed by atoms with E-state index >= 15 is 0 Å². The summed E-state index contributed by atoms with van der Waals surface area (Å²) in [6, 6.07) is -1.02. The summed E-state index contributed by atoms with van der Waals surface area (Å²) in [5.74, 6) is -2.27. The van der Waals surface area contributed by atoms with Crippen LogP contribution in [0.3, 0.4) is 0 Å². The zero-order valence-electron chi connectivity index (χ0n) is 19.0. The van der Waals surface area contributed by atoms with Crippen molar-refractivity contribution >= 4 is 17.9 Å². The van der Waals surface area contributed by atoms with E-state index in [4.69, 9.17) is 24.7 Å². The molecule has 1 aliphatic heterocycles. The van der Waals surface area contributed by atoms with Crippen molar-refractivity contribution in [1.29, 1.82) is 0 Å². The molecule has 0 amide bonds. The van der Waals surface area contributed by atoms with Gasteiger partial charge in [0.2, 0.25) is 0 Å². The third kappa shape index (κ3) is 8.20. The number of nitrogens with zero attached hydrogens (tertiary/aromatic N) is 1. The van der Waals surface area contributed by atoms with Crippen LogP contribution in [0.1, 0.15) is 60.3 Å². The monoisotopic (exact) mass is 430 g/mol. The molecule has 0 aliphatic carbocycles. The Hall–Kier alpha value is -1.71. The van der Waals surface area contributed by atoms with Crippen LogP contribution in [0.25, 0.3) is 0 Å². The fourth-order valence-electron chi connectivity index (χ4n) is 3.18. The molecule has 0 aromatic carbocycles. The molecule has 0 radical (unpaired) electrons. The molecule has 1 unspecified atom stereocenters. The highest BCUT2D eigenvalue weighted by Crippen LogP contribution is 2.25. The number of likely N-dealkylation sites (tertiary alicyclic amines) is 1. The average Bonchev–Trinajstić information content (AvgIpc) is 3.16. The molecule has 1 aliphatic rings. The molecule has 9 heteroatoms. The summed E-state index contributed by atoms with van der Waals surface area (Å²) in [5.41, 5.74) is 3.30. The van der Waals surface area contributed by atoms with Crippen LogP contribution in [0, 0.1) is 0 Å². The Morgan fingerprint density at radius 1 is 1.00 bits per heavy atom. The van der Waals surface area contributed by atoms with Gasteiger partial charge in [0.15, 0.2) is 0 Å². The smallest absolute Gasteiger partial charge is 0.350 e. The molecule has 1 saturated heterocycles. The van der Waals surface area contributed by atoms with E-state index in [0.717, 1.165) is 25.9 Å². The molecule has 0 bridgehead atoms. The third-order valence-electron chi connectivity index (χ3n) is 4.68. The van der Waals surface area contributed by atoms with E-state index in [1.807, 2.05) is 0 Å². The van der Waals surface area contributed by atoms with Crippen molar-refractivity contribution in [3.63, 3.8) is 0 Å². The highest BCUT2D eigenvalue weighted by atomic mass is 16.6. The van der Waals surface area contributed by atoms with Crippen molar-refractivity contribution in [2.24, 2.45) is 5.73 Å². The first kappa shape index (κ1) is 26.3. The second-order valence-electron chi connectivity index (χ2n) is 8.34. The van der Waals surface area contributed by atoms with E-state index in [9.17, 15) is 14.4 Å². The highest BCUT2D eigenvalue weighted by Gasteiger charge is 2.50. The van der Waals surface area contributed by atoms with Crippen LogP contribution < -0.4 is 5.73 Å². The molecule has 1 heterocycles. The lowest BCUT2D eigenvalue weighted by Gasteiger charge is -2.31. The second kappa shape index (κ2) is 12.2. The SMILES string of the molecule is CCOC(=O)C(CCC(N)C(=O)OC(C)(C)C)(OCCN1CCCC1)C(=O)OCC. The fourth-order valence-corrected chi connectivity index (χ4v) is 3.18. The number of nitrogens with two attached hydrogens (primary N) is 1. The lowest BCUT2D eigenvalue weighted by molar-refractivity contribution is -0.193. The Morgan fingerprint density at radius 2 is 1.53 bits per heavy atom. The van der Waals surface area contributed by atoms with Crippen LogP contribution in [0.4, 0.5) is 0 Å². The van der Waals surface area contributed by atoms with Crippen LogP contribution in [-0.2, 0) is 33.3 Å². The quantitative estimate of drug-likeness (QED) is 0.278. The Labute approximate surface area is 179 Å². The number of carbonyl (C=O) groups excluding carboxylic acids is 3. The molecular weight excluding hydrogens is 392 g/mol. The predicted molar refractivity (Wildman–Crippen MR) is 111 cm³/mol. The second-order valence-corrected chi connectivity index (χ2v) is 8.34. The number of hydrogen-bond acceptors (Lipinski definition) is 9. The minimum atomic E-state index is -1.97. The largest absolute Gasteiger partial charge is 0.463 e. The summed E-state index contributed by atoms with van der Waals surface area (Å²) in [6.45, 7) is 11.3. The van der Waals surface area contributed by atoms with Gasteiger partial charge in [-0.2, -0.15) is 0 Å². The molecule has 174 valence electrons. The summed E-state index contributed by atoms with van der Waals surface area (Å²) >= 11 is 0. The van der Waals surface area contributed by atoms with Gasteiger partial charge in [-0.25, -0.2) is 9.59 Å². The summed E-state index contributed by atoms with van der Waals surface area (Å²) in [4.78, 5) is 40.0. The topological polar surface area (TPSA) is 117 Å². The highest BCUT2D eigenvalue weighted by molar-refractivity contribution is 6.03.